The molecule has 1 aliphatic rings. The number of ketones is 2. The fraction of sp³-hybridized carbons (Fsp3) is 0.0714. The fourth-order valence-electron chi connectivity index (χ4n) is 2.26. The molecule has 1 aromatic carbocycles. The van der Waals surface area contributed by atoms with Gasteiger partial charge in [0.05, 0.1) is 23.9 Å². The number of methoxy groups -OCH3 is 1. The summed E-state index contributed by atoms with van der Waals surface area (Å²) < 4.78 is 4.61. The molecule has 0 fully saturated rings. The molecule has 0 unspecified atom stereocenters. The van der Waals surface area contributed by atoms with Crippen LogP contribution in [-0.2, 0) is 4.74 Å². The summed E-state index contributed by atoms with van der Waals surface area (Å²) in [4.78, 5) is 38.9. The summed E-state index contributed by atoms with van der Waals surface area (Å²) in [6.45, 7) is 0. The Balaban J connectivity index is 2.26. The lowest BCUT2D eigenvalue weighted by molar-refractivity contribution is 0.0598. The zero-order valence-electron chi connectivity index (χ0n) is 10.0. The Hall–Kier alpha value is -2.69. The van der Waals surface area contributed by atoms with Crippen LogP contribution in [0.4, 0.5) is 0 Å². The van der Waals surface area contributed by atoms with Crippen molar-refractivity contribution in [3.05, 3.63) is 58.4 Å². The first-order valence-corrected chi connectivity index (χ1v) is 5.63. The number of hydrogen-bond donors (Lipinski definition) is 1. The molecule has 0 atom stereocenters. The highest BCUT2D eigenvalue weighted by Crippen LogP contribution is 2.29. The minimum atomic E-state index is -0.641. The molecule has 94 valence electrons. The third-order valence-corrected chi connectivity index (χ3v) is 3.16. The molecular weight excluding hydrogens is 246 g/mol. The highest BCUT2D eigenvalue weighted by molar-refractivity contribution is 6.30. The van der Waals surface area contributed by atoms with Crippen LogP contribution in [0.25, 0.3) is 0 Å². The van der Waals surface area contributed by atoms with Crippen LogP contribution in [-0.4, -0.2) is 29.6 Å². The number of hydrogen-bond acceptors (Lipinski definition) is 4. The van der Waals surface area contributed by atoms with Crippen molar-refractivity contribution in [2.24, 2.45) is 0 Å². The van der Waals surface area contributed by atoms with Crippen molar-refractivity contribution in [1.29, 1.82) is 0 Å². The van der Waals surface area contributed by atoms with E-state index in [1.165, 1.54) is 13.3 Å². The first-order chi connectivity index (χ1) is 9.15. The molecule has 1 aliphatic carbocycles. The molecule has 0 radical (unpaired) electrons. The number of benzene rings is 1. The average Bonchev–Trinajstić information content (AvgIpc) is 2.89. The maximum atomic E-state index is 12.4. The van der Waals surface area contributed by atoms with Crippen LogP contribution in [0.5, 0.6) is 0 Å². The Morgan fingerprint density at radius 1 is 1.11 bits per heavy atom. The average molecular weight is 255 g/mol. The summed E-state index contributed by atoms with van der Waals surface area (Å²) in [5.41, 5.74) is 0.980. The molecule has 5 nitrogen and oxygen atoms in total. The van der Waals surface area contributed by atoms with Gasteiger partial charge in [0.15, 0.2) is 5.78 Å². The first-order valence-electron chi connectivity index (χ1n) is 5.63. The molecule has 1 aromatic heterocycles. The topological polar surface area (TPSA) is 76.2 Å². The highest BCUT2D eigenvalue weighted by atomic mass is 16.5. The number of ether oxygens (including phenoxy) is 1. The van der Waals surface area contributed by atoms with Gasteiger partial charge in [0.1, 0.15) is 0 Å². The van der Waals surface area contributed by atoms with Gasteiger partial charge in [-0.05, 0) is 0 Å². The SMILES string of the molecule is COC(=O)c1c[nH]c2c1C(=O)c1ccccc1C2=O. The normalized spacial score (nSPS) is 12.9. The molecule has 1 heterocycles. The Morgan fingerprint density at radius 2 is 1.74 bits per heavy atom. The number of aromatic nitrogens is 1. The van der Waals surface area contributed by atoms with E-state index < -0.39 is 5.97 Å². The van der Waals surface area contributed by atoms with Gasteiger partial charge in [0.2, 0.25) is 5.78 Å². The Morgan fingerprint density at radius 3 is 2.37 bits per heavy atom. The standard InChI is InChI=1S/C14H9NO4/c1-19-14(18)9-6-15-11-10(9)12(16)7-4-2-3-5-8(7)13(11)17/h2-6,15H,1H3. The van der Waals surface area contributed by atoms with Crippen molar-refractivity contribution < 1.29 is 19.1 Å². The van der Waals surface area contributed by atoms with Gasteiger partial charge in [0.25, 0.3) is 0 Å². The number of esters is 1. The highest BCUT2D eigenvalue weighted by Gasteiger charge is 2.34. The van der Waals surface area contributed by atoms with Gasteiger partial charge >= 0.3 is 5.97 Å². The van der Waals surface area contributed by atoms with Crippen LogP contribution in [0.2, 0.25) is 0 Å². The van der Waals surface area contributed by atoms with E-state index in [1.807, 2.05) is 0 Å². The summed E-state index contributed by atoms with van der Waals surface area (Å²) in [5.74, 6) is -1.27. The van der Waals surface area contributed by atoms with E-state index in [9.17, 15) is 14.4 Å². The summed E-state index contributed by atoms with van der Waals surface area (Å²) in [6, 6.07) is 6.54. The number of carbonyl (C=O) groups is 3. The van der Waals surface area contributed by atoms with E-state index >= 15 is 0 Å². The molecule has 3 rings (SSSR count). The van der Waals surface area contributed by atoms with Crippen molar-refractivity contribution in [2.45, 2.75) is 0 Å². The Labute approximate surface area is 108 Å². The van der Waals surface area contributed by atoms with Gasteiger partial charge in [-0.3, -0.25) is 9.59 Å². The quantitative estimate of drug-likeness (QED) is 0.670. The molecule has 19 heavy (non-hydrogen) atoms. The van der Waals surface area contributed by atoms with Crippen LogP contribution in [0.3, 0.4) is 0 Å². The lowest BCUT2D eigenvalue weighted by Crippen LogP contribution is -2.22. The van der Waals surface area contributed by atoms with E-state index in [0.717, 1.165) is 0 Å². The molecule has 5 heteroatoms. The first kappa shape index (κ1) is 11.4. The van der Waals surface area contributed by atoms with E-state index in [0.29, 0.717) is 11.1 Å². The second-order valence-corrected chi connectivity index (χ2v) is 4.15. The maximum Gasteiger partial charge on any atom is 0.340 e. The summed E-state index contributed by atoms with van der Waals surface area (Å²) >= 11 is 0. The molecule has 0 bridgehead atoms. The zero-order valence-corrected chi connectivity index (χ0v) is 10.0. The van der Waals surface area contributed by atoms with Gasteiger partial charge in [-0.25, -0.2) is 4.79 Å². The van der Waals surface area contributed by atoms with Gasteiger partial charge in [-0.2, -0.15) is 0 Å². The molecule has 2 aromatic rings. The van der Waals surface area contributed by atoms with Crippen LogP contribution >= 0.6 is 0 Å². The molecule has 0 saturated heterocycles. The predicted molar refractivity (Wildman–Crippen MR) is 65.4 cm³/mol. The molecule has 1 N–H and O–H groups in total. The zero-order chi connectivity index (χ0) is 13.6. The van der Waals surface area contributed by atoms with Crippen molar-refractivity contribution in [2.75, 3.05) is 7.11 Å². The third-order valence-electron chi connectivity index (χ3n) is 3.16. The lowest BCUT2D eigenvalue weighted by Gasteiger charge is -2.14. The molecule has 0 spiro atoms. The second-order valence-electron chi connectivity index (χ2n) is 4.15. The lowest BCUT2D eigenvalue weighted by atomic mass is 9.86. The maximum absolute atomic E-state index is 12.4. The van der Waals surface area contributed by atoms with Crippen molar-refractivity contribution in [3.8, 4) is 0 Å². The number of carbonyl (C=O) groups excluding carboxylic acids is 3. The molecule has 0 aliphatic heterocycles. The van der Waals surface area contributed by atoms with Crippen LogP contribution in [0, 0.1) is 0 Å². The molecular formula is C14H9NO4. The number of rotatable bonds is 1. The Kier molecular flexibility index (Phi) is 2.35. The third kappa shape index (κ3) is 1.45. The predicted octanol–water partition coefficient (Wildman–Crippen LogP) is 1.58. The van der Waals surface area contributed by atoms with Crippen molar-refractivity contribution in [3.63, 3.8) is 0 Å². The van der Waals surface area contributed by atoms with E-state index in [-0.39, 0.29) is 28.4 Å². The van der Waals surface area contributed by atoms with E-state index in [2.05, 4.69) is 9.72 Å². The van der Waals surface area contributed by atoms with Gasteiger partial charge in [-0.15, -0.1) is 0 Å². The molecule has 0 saturated carbocycles. The van der Waals surface area contributed by atoms with Crippen LogP contribution < -0.4 is 0 Å². The number of nitrogens with one attached hydrogen (secondary N) is 1. The number of H-pyrrole nitrogens is 1. The minimum absolute atomic E-state index is 0.0883. The number of fused-ring (bicyclic) bond motifs is 2. The van der Waals surface area contributed by atoms with E-state index in [4.69, 9.17) is 0 Å². The van der Waals surface area contributed by atoms with Crippen LogP contribution in [0.1, 0.15) is 42.3 Å². The fourth-order valence-corrected chi connectivity index (χ4v) is 2.26. The van der Waals surface area contributed by atoms with Gasteiger partial charge in [0, 0.05) is 17.3 Å². The smallest absolute Gasteiger partial charge is 0.340 e. The van der Waals surface area contributed by atoms with Crippen molar-refractivity contribution >= 4 is 17.5 Å². The van der Waals surface area contributed by atoms with E-state index in [1.54, 1.807) is 24.3 Å². The summed E-state index contributed by atoms with van der Waals surface area (Å²) in [5, 5.41) is 0. The van der Waals surface area contributed by atoms with Gasteiger partial charge < -0.3 is 9.72 Å². The largest absolute Gasteiger partial charge is 0.465 e. The molecule has 0 amide bonds. The van der Waals surface area contributed by atoms with Gasteiger partial charge in [-0.1, -0.05) is 24.3 Å². The monoisotopic (exact) mass is 255 g/mol. The number of aromatic amines is 1. The second kappa shape index (κ2) is 3.91. The Bertz CT molecular complexity index is 727. The minimum Gasteiger partial charge on any atom is -0.465 e. The summed E-state index contributed by atoms with van der Waals surface area (Å²) in [6.07, 6.45) is 1.33. The van der Waals surface area contributed by atoms with Crippen LogP contribution in [0.15, 0.2) is 30.5 Å². The summed E-state index contributed by atoms with van der Waals surface area (Å²) in [7, 11) is 1.23. The van der Waals surface area contributed by atoms with Crippen molar-refractivity contribution in [1.82, 2.24) is 4.98 Å².